The minimum atomic E-state index is -0.709. The Kier molecular flexibility index (Phi) is 15.5. The van der Waals surface area contributed by atoms with E-state index >= 15 is 0 Å². The van der Waals surface area contributed by atoms with E-state index in [0.717, 1.165) is 5.33 Å². The zero-order valence-electron chi connectivity index (χ0n) is 14.6. The van der Waals surface area contributed by atoms with Gasteiger partial charge in [-0.3, -0.25) is 14.4 Å². The Morgan fingerprint density at radius 1 is 0.840 bits per heavy atom. The Morgan fingerprint density at radius 2 is 1.32 bits per heavy atom. The smallest absolute Gasteiger partial charge is 0.307 e. The first-order valence-corrected chi connectivity index (χ1v) is 8.87. The highest BCUT2D eigenvalue weighted by Gasteiger charge is 2.20. The van der Waals surface area contributed by atoms with Gasteiger partial charge in [0.2, 0.25) is 5.91 Å². The van der Waals surface area contributed by atoms with Gasteiger partial charge in [-0.2, -0.15) is 0 Å². The number of carbonyl (C=O) groups is 3. The summed E-state index contributed by atoms with van der Waals surface area (Å²) in [7, 11) is 2.46. The fourth-order valence-electron chi connectivity index (χ4n) is 1.67. The van der Waals surface area contributed by atoms with Crippen LogP contribution in [0.1, 0.15) is 12.8 Å². The maximum Gasteiger partial charge on any atom is 0.307 e. The van der Waals surface area contributed by atoms with E-state index < -0.39 is 23.9 Å². The molecule has 0 atom stereocenters. The molecule has 0 aliphatic heterocycles. The molecule has 0 saturated carbocycles. The molecule has 0 rings (SSSR count). The van der Waals surface area contributed by atoms with Crippen molar-refractivity contribution in [2.24, 2.45) is 0 Å². The number of amides is 1. The quantitative estimate of drug-likeness (QED) is 0.221. The summed E-state index contributed by atoms with van der Waals surface area (Å²) in [5.74, 6) is -1.52. The van der Waals surface area contributed by atoms with Crippen LogP contribution in [0.4, 0.5) is 0 Å². The number of carbonyl (C=O) groups excluding carboxylic acids is 3. The number of alkyl halides is 1. The molecule has 25 heavy (non-hydrogen) atoms. The van der Waals surface area contributed by atoms with Crippen molar-refractivity contribution in [3.05, 3.63) is 0 Å². The van der Waals surface area contributed by atoms with E-state index in [-0.39, 0.29) is 26.1 Å². The molecule has 0 aliphatic carbocycles. The van der Waals surface area contributed by atoms with Crippen molar-refractivity contribution < 1.29 is 38.1 Å². The summed E-state index contributed by atoms with van der Waals surface area (Å²) >= 11 is 3.24. The zero-order chi connectivity index (χ0) is 18.9. The highest BCUT2D eigenvalue weighted by atomic mass is 79.9. The third kappa shape index (κ3) is 14.8. The predicted octanol–water partition coefficient (Wildman–Crippen LogP) is 0.0421. The third-order valence-electron chi connectivity index (χ3n) is 2.85. The third-order valence-corrected chi connectivity index (χ3v) is 3.17. The van der Waals surface area contributed by atoms with Gasteiger partial charge in [0.05, 0.1) is 60.1 Å². The summed E-state index contributed by atoms with van der Waals surface area (Å²) in [5.41, 5.74) is 0. The lowest BCUT2D eigenvalue weighted by atomic mass is 10.1. The predicted molar refractivity (Wildman–Crippen MR) is 91.4 cm³/mol. The van der Waals surface area contributed by atoms with Crippen molar-refractivity contribution in [3.63, 3.8) is 0 Å². The van der Waals surface area contributed by atoms with Crippen LogP contribution in [0, 0.1) is 0 Å². The summed E-state index contributed by atoms with van der Waals surface area (Å²) < 4.78 is 24.7. The molecule has 0 radical (unpaired) electrons. The largest absolute Gasteiger partial charge is 0.469 e. The first-order chi connectivity index (χ1) is 12.0. The molecule has 0 spiro atoms. The van der Waals surface area contributed by atoms with Crippen molar-refractivity contribution in [2.75, 3.05) is 59.2 Å². The second-order valence-electron chi connectivity index (χ2n) is 4.79. The van der Waals surface area contributed by atoms with Crippen LogP contribution in [0.25, 0.3) is 0 Å². The Hall–Kier alpha value is -1.23. The van der Waals surface area contributed by atoms with E-state index in [1.54, 1.807) is 0 Å². The molecule has 0 saturated heterocycles. The van der Waals surface area contributed by atoms with Gasteiger partial charge in [0, 0.05) is 11.4 Å². The first-order valence-electron chi connectivity index (χ1n) is 7.75. The molecule has 0 aliphatic rings. The van der Waals surface area contributed by atoms with Gasteiger partial charge in [-0.25, -0.2) is 0 Å². The highest BCUT2D eigenvalue weighted by Crippen LogP contribution is 2.02. The molecule has 146 valence electrons. The van der Waals surface area contributed by atoms with E-state index in [9.17, 15) is 14.4 Å². The number of ether oxygens (including phenoxy) is 5. The molecule has 0 heterocycles. The maximum absolute atomic E-state index is 11.8. The van der Waals surface area contributed by atoms with Gasteiger partial charge in [0.1, 0.15) is 6.61 Å². The summed E-state index contributed by atoms with van der Waals surface area (Å²) in [6, 6.07) is -0.709. The summed E-state index contributed by atoms with van der Waals surface area (Å²) in [5, 5.41) is 3.32. The number of hydrogen-bond acceptors (Lipinski definition) is 8. The van der Waals surface area contributed by atoms with Crippen LogP contribution in [0.2, 0.25) is 0 Å². The molecule has 10 heteroatoms. The highest BCUT2D eigenvalue weighted by molar-refractivity contribution is 9.09. The molecule has 0 bridgehead atoms. The molecule has 0 aromatic carbocycles. The van der Waals surface area contributed by atoms with Crippen LogP contribution in [-0.4, -0.2) is 83.1 Å². The topological polar surface area (TPSA) is 109 Å². The van der Waals surface area contributed by atoms with Gasteiger partial charge in [-0.15, -0.1) is 0 Å². The molecule has 1 amide bonds. The monoisotopic (exact) mass is 427 g/mol. The van der Waals surface area contributed by atoms with Gasteiger partial charge in [0.25, 0.3) is 0 Å². The lowest BCUT2D eigenvalue weighted by molar-refractivity contribution is -0.143. The maximum atomic E-state index is 11.8. The van der Waals surface area contributed by atoms with Crippen molar-refractivity contribution in [1.29, 1.82) is 0 Å². The Labute approximate surface area is 155 Å². The van der Waals surface area contributed by atoms with Gasteiger partial charge in [-0.05, 0) is 0 Å². The second-order valence-corrected chi connectivity index (χ2v) is 5.58. The zero-order valence-corrected chi connectivity index (χ0v) is 16.2. The Balaban J connectivity index is 3.89. The van der Waals surface area contributed by atoms with Gasteiger partial charge in [0.15, 0.2) is 0 Å². The average molecular weight is 428 g/mol. The number of hydrogen-bond donors (Lipinski definition) is 1. The van der Waals surface area contributed by atoms with Crippen molar-refractivity contribution in [2.45, 2.75) is 18.9 Å². The van der Waals surface area contributed by atoms with E-state index in [1.807, 2.05) is 0 Å². The Bertz CT molecular complexity index is 376. The number of halogens is 1. The fraction of sp³-hybridized carbons (Fsp3) is 0.800. The van der Waals surface area contributed by atoms with Crippen LogP contribution >= 0.6 is 15.9 Å². The van der Waals surface area contributed by atoms with Crippen molar-refractivity contribution in [1.82, 2.24) is 5.32 Å². The number of methoxy groups -OCH3 is 2. The van der Waals surface area contributed by atoms with Crippen molar-refractivity contribution >= 4 is 33.8 Å². The molecule has 9 nitrogen and oxygen atoms in total. The molecule has 0 fully saturated rings. The average Bonchev–Trinajstić information content (AvgIpc) is 2.59. The lowest BCUT2D eigenvalue weighted by Crippen LogP contribution is -2.40. The van der Waals surface area contributed by atoms with Gasteiger partial charge in [-0.1, -0.05) is 15.9 Å². The number of nitrogens with one attached hydrogen (secondary N) is 1. The van der Waals surface area contributed by atoms with E-state index in [1.165, 1.54) is 14.2 Å². The van der Waals surface area contributed by atoms with Gasteiger partial charge < -0.3 is 29.0 Å². The number of rotatable bonds is 15. The van der Waals surface area contributed by atoms with E-state index in [0.29, 0.717) is 26.4 Å². The number of esters is 2. The van der Waals surface area contributed by atoms with Crippen LogP contribution < -0.4 is 5.32 Å². The SMILES string of the molecule is COC(=O)CC(CC(=O)OC)NC(=O)COCCOCCOCCBr. The minimum Gasteiger partial charge on any atom is -0.469 e. The van der Waals surface area contributed by atoms with Crippen LogP contribution in [0.5, 0.6) is 0 Å². The van der Waals surface area contributed by atoms with Gasteiger partial charge >= 0.3 is 11.9 Å². The molecule has 0 aromatic heterocycles. The molecule has 1 N–H and O–H groups in total. The van der Waals surface area contributed by atoms with Crippen LogP contribution in [0.15, 0.2) is 0 Å². The normalized spacial score (nSPS) is 10.6. The van der Waals surface area contributed by atoms with E-state index in [4.69, 9.17) is 14.2 Å². The minimum absolute atomic E-state index is 0.130. The summed E-state index contributed by atoms with van der Waals surface area (Å²) in [4.78, 5) is 34.4. The summed E-state index contributed by atoms with van der Waals surface area (Å²) in [6.45, 7) is 1.93. The standard InChI is InChI=1S/C15H26BrNO8/c1-21-14(19)9-12(10-15(20)22-2)17-13(18)11-25-8-7-24-6-5-23-4-3-16/h12H,3-11H2,1-2H3,(H,17,18). The molecular weight excluding hydrogens is 402 g/mol. The van der Waals surface area contributed by atoms with Crippen LogP contribution in [0.3, 0.4) is 0 Å². The molecular formula is C15H26BrNO8. The Morgan fingerprint density at radius 3 is 1.80 bits per heavy atom. The fourth-order valence-corrected chi connectivity index (χ4v) is 1.90. The molecule has 0 unspecified atom stereocenters. The summed E-state index contributed by atoms with van der Waals surface area (Å²) in [6.07, 6.45) is -0.260. The molecule has 0 aromatic rings. The van der Waals surface area contributed by atoms with Crippen LogP contribution in [-0.2, 0) is 38.1 Å². The van der Waals surface area contributed by atoms with Crippen molar-refractivity contribution in [3.8, 4) is 0 Å². The second kappa shape index (κ2) is 16.2. The van der Waals surface area contributed by atoms with E-state index in [2.05, 4.69) is 30.7 Å². The lowest BCUT2D eigenvalue weighted by Gasteiger charge is -2.16. The first kappa shape index (κ1) is 23.8.